The number of carbonyl (C=O) groups is 1. The maximum Gasteiger partial charge on any atom is 0.352 e. The molecule has 0 aromatic heterocycles. The van der Waals surface area contributed by atoms with Crippen molar-refractivity contribution in [1.82, 2.24) is 5.32 Å². The third-order valence-electron chi connectivity index (χ3n) is 4.76. The first-order valence-corrected chi connectivity index (χ1v) is 11.4. The first-order chi connectivity index (χ1) is 12.9. The van der Waals surface area contributed by atoms with Gasteiger partial charge in [-0.05, 0) is 22.8 Å². The van der Waals surface area contributed by atoms with Crippen molar-refractivity contribution < 1.29 is 19.1 Å². The normalized spacial score (nSPS) is 12.9. The first-order valence-electron chi connectivity index (χ1n) is 9.75. The molecule has 0 spiro atoms. The summed E-state index contributed by atoms with van der Waals surface area (Å²) in [5, 5.41) is 4.20. The predicted octanol–water partition coefficient (Wildman–Crippen LogP) is 5.27. The average Bonchev–Trinajstić information content (AvgIpc) is 2.64. The minimum atomic E-state index is -4.55. The van der Waals surface area contributed by atoms with Crippen LogP contribution in [0.4, 0.5) is 0 Å². The fraction of sp³-hybridized carbons (Fsp3) is 0.476. The summed E-state index contributed by atoms with van der Waals surface area (Å²) in [5.41, 5.74) is 0.453. The minimum Gasteiger partial charge on any atom is -0.338 e. The maximum atomic E-state index is 12.3. The third kappa shape index (κ3) is 6.76. The van der Waals surface area contributed by atoms with E-state index in [1.807, 2.05) is 30.3 Å². The predicted molar refractivity (Wildman–Crippen MR) is 109 cm³/mol. The van der Waals surface area contributed by atoms with E-state index in [1.54, 1.807) is 12.1 Å². The van der Waals surface area contributed by atoms with Crippen LogP contribution in [-0.4, -0.2) is 15.7 Å². The summed E-state index contributed by atoms with van der Waals surface area (Å²) in [5.74, 6) is -1.63. The number of benzene rings is 2. The first kappa shape index (κ1) is 21.6. The lowest BCUT2D eigenvalue weighted by molar-refractivity contribution is -0.121. The molecule has 0 bridgehead atoms. The van der Waals surface area contributed by atoms with Crippen LogP contribution >= 0.6 is 7.60 Å². The molecule has 0 aliphatic heterocycles. The summed E-state index contributed by atoms with van der Waals surface area (Å²) in [7, 11) is -4.55. The number of hydrogen-bond donors (Lipinski definition) is 3. The van der Waals surface area contributed by atoms with Crippen LogP contribution in [0.5, 0.6) is 0 Å². The van der Waals surface area contributed by atoms with Gasteiger partial charge in [-0.1, -0.05) is 87.9 Å². The van der Waals surface area contributed by atoms with Gasteiger partial charge in [-0.2, -0.15) is 0 Å². The molecule has 1 atom stereocenters. The van der Waals surface area contributed by atoms with Gasteiger partial charge in [0.15, 0.2) is 5.78 Å². The SMILES string of the molecule is CCCCCCCCCC(=O)N[C@@H](c1cccc2ccccc12)P(=O)(O)O. The molecule has 2 rings (SSSR count). The zero-order valence-electron chi connectivity index (χ0n) is 15.9. The second kappa shape index (κ2) is 10.6. The molecular formula is C21H30NO4P. The Hall–Kier alpha value is -1.68. The number of rotatable bonds is 11. The van der Waals surface area contributed by atoms with E-state index >= 15 is 0 Å². The van der Waals surface area contributed by atoms with Crippen molar-refractivity contribution in [3.05, 3.63) is 48.0 Å². The number of hydrogen-bond acceptors (Lipinski definition) is 2. The van der Waals surface area contributed by atoms with Crippen molar-refractivity contribution in [3.8, 4) is 0 Å². The third-order valence-corrected chi connectivity index (χ3v) is 5.84. The summed E-state index contributed by atoms with van der Waals surface area (Å²) < 4.78 is 12.1. The fourth-order valence-electron chi connectivity index (χ4n) is 3.30. The van der Waals surface area contributed by atoms with Crippen LogP contribution in [0.3, 0.4) is 0 Å². The largest absolute Gasteiger partial charge is 0.352 e. The topological polar surface area (TPSA) is 86.6 Å². The Balaban J connectivity index is 1.99. The Morgan fingerprint density at radius 3 is 2.30 bits per heavy atom. The molecule has 0 saturated heterocycles. The standard InChI is InChI=1S/C21H30NO4P/c1-2-3-4-5-6-7-8-16-20(23)22-21(27(24,25)26)19-15-11-13-17-12-9-10-14-18(17)19/h9-15,21H,2-8,16H2,1H3,(H,22,23)(H2,24,25,26)/t21-/m1/s1. The number of amides is 1. The van der Waals surface area contributed by atoms with Crippen molar-refractivity contribution in [2.75, 3.05) is 0 Å². The highest BCUT2D eigenvalue weighted by molar-refractivity contribution is 7.52. The molecule has 6 heteroatoms. The minimum absolute atomic E-state index is 0.287. The van der Waals surface area contributed by atoms with E-state index in [-0.39, 0.29) is 12.3 Å². The molecule has 0 unspecified atom stereocenters. The van der Waals surface area contributed by atoms with E-state index in [0.29, 0.717) is 5.56 Å². The van der Waals surface area contributed by atoms with E-state index in [9.17, 15) is 19.1 Å². The highest BCUT2D eigenvalue weighted by atomic mass is 31.2. The van der Waals surface area contributed by atoms with E-state index in [2.05, 4.69) is 12.2 Å². The van der Waals surface area contributed by atoms with Gasteiger partial charge in [0.2, 0.25) is 5.91 Å². The molecule has 5 nitrogen and oxygen atoms in total. The summed E-state index contributed by atoms with van der Waals surface area (Å²) in [6, 6.07) is 12.7. The molecule has 27 heavy (non-hydrogen) atoms. The summed E-state index contributed by atoms with van der Waals surface area (Å²) in [4.78, 5) is 31.9. The molecule has 0 heterocycles. The summed E-state index contributed by atoms with van der Waals surface area (Å²) in [6.07, 6.45) is 7.94. The molecule has 1 amide bonds. The van der Waals surface area contributed by atoms with Gasteiger partial charge < -0.3 is 15.1 Å². The van der Waals surface area contributed by atoms with Crippen LogP contribution < -0.4 is 5.32 Å². The van der Waals surface area contributed by atoms with Crippen LogP contribution in [0, 0.1) is 0 Å². The monoisotopic (exact) mass is 391 g/mol. The average molecular weight is 391 g/mol. The van der Waals surface area contributed by atoms with E-state index in [0.717, 1.165) is 30.0 Å². The molecule has 3 N–H and O–H groups in total. The van der Waals surface area contributed by atoms with E-state index in [1.165, 1.54) is 25.7 Å². The smallest absolute Gasteiger partial charge is 0.338 e. The van der Waals surface area contributed by atoms with Crippen LogP contribution in [0.25, 0.3) is 10.8 Å². The summed E-state index contributed by atoms with van der Waals surface area (Å²) in [6.45, 7) is 2.18. The molecule has 0 aliphatic rings. The highest BCUT2D eigenvalue weighted by Crippen LogP contribution is 2.51. The number of nitrogens with one attached hydrogen (secondary N) is 1. The molecular weight excluding hydrogens is 361 g/mol. The lowest BCUT2D eigenvalue weighted by Crippen LogP contribution is -2.28. The van der Waals surface area contributed by atoms with Gasteiger partial charge in [-0.25, -0.2) is 0 Å². The van der Waals surface area contributed by atoms with Crippen LogP contribution in [0.1, 0.15) is 69.6 Å². The van der Waals surface area contributed by atoms with Crippen molar-refractivity contribution in [3.63, 3.8) is 0 Å². The fourth-order valence-corrected chi connectivity index (χ4v) is 4.20. The number of carbonyl (C=O) groups excluding carboxylic acids is 1. The lowest BCUT2D eigenvalue weighted by Gasteiger charge is -2.22. The van der Waals surface area contributed by atoms with Gasteiger partial charge in [-0.3, -0.25) is 9.36 Å². The maximum absolute atomic E-state index is 12.3. The molecule has 0 aliphatic carbocycles. The van der Waals surface area contributed by atoms with Crippen LogP contribution in [0.2, 0.25) is 0 Å². The zero-order chi connectivity index (χ0) is 19.7. The Bertz CT molecular complexity index is 781. The molecule has 0 fully saturated rings. The Labute approximate surface area is 161 Å². The molecule has 2 aromatic rings. The lowest BCUT2D eigenvalue weighted by atomic mass is 10.0. The van der Waals surface area contributed by atoms with Crippen LogP contribution in [-0.2, 0) is 9.36 Å². The molecule has 148 valence electrons. The Morgan fingerprint density at radius 2 is 1.59 bits per heavy atom. The number of fused-ring (bicyclic) bond motifs is 1. The molecule has 2 aromatic carbocycles. The van der Waals surface area contributed by atoms with Gasteiger partial charge in [0.25, 0.3) is 0 Å². The summed E-state index contributed by atoms with van der Waals surface area (Å²) >= 11 is 0. The van der Waals surface area contributed by atoms with Gasteiger partial charge in [-0.15, -0.1) is 0 Å². The van der Waals surface area contributed by atoms with Crippen molar-refractivity contribution in [2.45, 2.75) is 64.1 Å². The van der Waals surface area contributed by atoms with Gasteiger partial charge >= 0.3 is 7.60 Å². The number of unbranched alkanes of at least 4 members (excludes halogenated alkanes) is 6. The van der Waals surface area contributed by atoms with Gasteiger partial charge in [0.1, 0.15) is 0 Å². The van der Waals surface area contributed by atoms with E-state index in [4.69, 9.17) is 0 Å². The Kier molecular flexibility index (Phi) is 8.49. The van der Waals surface area contributed by atoms with E-state index < -0.39 is 13.4 Å². The molecule has 0 radical (unpaired) electrons. The zero-order valence-corrected chi connectivity index (χ0v) is 16.8. The van der Waals surface area contributed by atoms with Crippen molar-refractivity contribution in [1.29, 1.82) is 0 Å². The van der Waals surface area contributed by atoms with Crippen molar-refractivity contribution >= 4 is 24.3 Å². The second-order valence-corrected chi connectivity index (χ2v) is 8.69. The molecule has 0 saturated carbocycles. The quantitative estimate of drug-likeness (QED) is 0.360. The Morgan fingerprint density at radius 1 is 0.963 bits per heavy atom. The second-order valence-electron chi connectivity index (χ2n) is 7.00. The van der Waals surface area contributed by atoms with Crippen LogP contribution in [0.15, 0.2) is 42.5 Å². The van der Waals surface area contributed by atoms with Gasteiger partial charge in [0.05, 0.1) is 0 Å². The van der Waals surface area contributed by atoms with Gasteiger partial charge in [0, 0.05) is 6.42 Å². The highest BCUT2D eigenvalue weighted by Gasteiger charge is 2.32. The van der Waals surface area contributed by atoms with Crippen molar-refractivity contribution in [2.24, 2.45) is 0 Å².